The first-order chi connectivity index (χ1) is 20.1. The third-order valence-corrected chi connectivity index (χ3v) is 8.75. The van der Waals surface area contributed by atoms with Gasteiger partial charge in [0.15, 0.2) is 17.7 Å². The summed E-state index contributed by atoms with van der Waals surface area (Å²) in [6.45, 7) is 4.90. The minimum Gasteiger partial charge on any atom is -0.383 e. The van der Waals surface area contributed by atoms with E-state index >= 15 is 0 Å². The number of hydrogen-bond donors (Lipinski definition) is 1. The Morgan fingerprint density at radius 2 is 1.63 bits per heavy atom. The van der Waals surface area contributed by atoms with Crippen LogP contribution in [0.2, 0.25) is 0 Å². The number of piperidine rings is 1. The largest absolute Gasteiger partial charge is 0.383 e. The van der Waals surface area contributed by atoms with Gasteiger partial charge in [-0.2, -0.15) is 5.26 Å². The Balaban J connectivity index is 1.19. The number of benzene rings is 2. The zero-order valence-electron chi connectivity index (χ0n) is 22.9. The fourth-order valence-electron chi connectivity index (χ4n) is 6.38. The van der Waals surface area contributed by atoms with E-state index in [1.165, 1.54) is 5.56 Å². The predicted octanol–water partition coefficient (Wildman–Crippen LogP) is 5.50. The first-order valence-electron chi connectivity index (χ1n) is 14.2. The number of aromatic nitrogens is 4. The van der Waals surface area contributed by atoms with Gasteiger partial charge in [-0.25, -0.2) is 15.0 Å². The van der Waals surface area contributed by atoms with E-state index in [0.29, 0.717) is 11.2 Å². The van der Waals surface area contributed by atoms with Crippen molar-refractivity contribution in [3.8, 4) is 34.5 Å². The van der Waals surface area contributed by atoms with Gasteiger partial charge in [0, 0.05) is 37.1 Å². The van der Waals surface area contributed by atoms with Crippen LogP contribution in [0.4, 0.5) is 5.82 Å². The van der Waals surface area contributed by atoms with Crippen LogP contribution >= 0.6 is 0 Å². The maximum absolute atomic E-state index is 9.28. The summed E-state index contributed by atoms with van der Waals surface area (Å²) in [6, 6.07) is 26.8. The highest BCUT2D eigenvalue weighted by Crippen LogP contribution is 2.40. The van der Waals surface area contributed by atoms with E-state index in [4.69, 9.17) is 15.7 Å². The fourth-order valence-corrected chi connectivity index (χ4v) is 6.38. The lowest BCUT2D eigenvalue weighted by Crippen LogP contribution is -2.40. The van der Waals surface area contributed by atoms with Gasteiger partial charge in [0.1, 0.15) is 11.3 Å². The normalized spacial score (nSPS) is 16.8. The number of nitrogens with two attached hydrogens (primary N) is 1. The molecule has 2 aliphatic rings. The molecule has 1 spiro atoms. The van der Waals surface area contributed by atoms with Crippen LogP contribution in [0.25, 0.3) is 39.5 Å². The molecule has 5 aromatic rings. The first-order valence-corrected chi connectivity index (χ1v) is 14.2. The van der Waals surface area contributed by atoms with Crippen molar-refractivity contribution < 1.29 is 0 Å². The number of pyridine rings is 2. The molecule has 0 aliphatic carbocycles. The summed E-state index contributed by atoms with van der Waals surface area (Å²) in [5, 5.41) is 9.28. The van der Waals surface area contributed by atoms with Crippen molar-refractivity contribution in [3.63, 3.8) is 0 Å². The number of hydrogen-bond acceptors (Lipinski definition) is 7. The summed E-state index contributed by atoms with van der Waals surface area (Å²) in [6.07, 6.45) is 7.51. The van der Waals surface area contributed by atoms with E-state index in [2.05, 4.69) is 57.0 Å². The molecule has 2 aromatic carbocycles. The molecule has 8 nitrogen and oxygen atoms in total. The smallest absolute Gasteiger partial charge is 0.179 e. The minimum atomic E-state index is 0.328. The molecule has 5 heterocycles. The molecule has 0 radical (unpaired) electrons. The molecule has 204 valence electrons. The standard InChI is InChI=1S/C33H32N8/c34-23-40-20-16-33(22-40)14-18-39(19-15-33)21-24-8-10-26(11-9-24)41-31(27-7-4-17-36-30(27)35)38-29-13-12-28(37-32(29)41)25-5-2-1-3-6-25/h1-13,17H,14-16,18-22H2,(H2,35,36). The van der Waals surface area contributed by atoms with Gasteiger partial charge in [0.05, 0.1) is 11.3 Å². The predicted molar refractivity (Wildman–Crippen MR) is 161 cm³/mol. The molecule has 7 rings (SSSR count). The zero-order chi connectivity index (χ0) is 27.8. The van der Waals surface area contributed by atoms with E-state index in [-0.39, 0.29) is 0 Å². The molecule has 0 saturated carbocycles. The Morgan fingerprint density at radius 3 is 2.37 bits per heavy atom. The Hall–Kier alpha value is -4.74. The number of nitrogen functional groups attached to an aromatic ring is 1. The van der Waals surface area contributed by atoms with E-state index in [0.717, 1.165) is 91.5 Å². The van der Waals surface area contributed by atoms with Crippen LogP contribution in [0.3, 0.4) is 0 Å². The average molecular weight is 541 g/mol. The van der Waals surface area contributed by atoms with Gasteiger partial charge in [-0.1, -0.05) is 42.5 Å². The van der Waals surface area contributed by atoms with Crippen molar-refractivity contribution in [1.82, 2.24) is 29.3 Å². The van der Waals surface area contributed by atoms with Gasteiger partial charge in [0.25, 0.3) is 0 Å². The first kappa shape index (κ1) is 25.2. The maximum Gasteiger partial charge on any atom is 0.179 e. The van der Waals surface area contributed by atoms with Gasteiger partial charge in [-0.15, -0.1) is 0 Å². The van der Waals surface area contributed by atoms with Gasteiger partial charge in [-0.05, 0) is 79.7 Å². The molecule has 41 heavy (non-hydrogen) atoms. The van der Waals surface area contributed by atoms with Gasteiger partial charge < -0.3 is 10.6 Å². The Labute approximate surface area is 239 Å². The molecule has 2 fully saturated rings. The molecule has 0 atom stereocenters. The second-order valence-corrected chi connectivity index (χ2v) is 11.3. The van der Waals surface area contributed by atoms with E-state index in [9.17, 15) is 5.26 Å². The van der Waals surface area contributed by atoms with Crippen molar-refractivity contribution in [2.45, 2.75) is 25.8 Å². The van der Waals surface area contributed by atoms with Gasteiger partial charge >= 0.3 is 0 Å². The summed E-state index contributed by atoms with van der Waals surface area (Å²) in [4.78, 5) is 18.8. The number of anilines is 1. The van der Waals surface area contributed by atoms with Crippen molar-refractivity contribution in [3.05, 3.63) is 90.6 Å². The Morgan fingerprint density at radius 1 is 0.854 bits per heavy atom. The summed E-state index contributed by atoms with van der Waals surface area (Å²) in [5.74, 6) is 1.16. The highest BCUT2D eigenvalue weighted by atomic mass is 15.2. The molecule has 8 heteroatoms. The molecule has 2 aliphatic heterocycles. The number of nitrogens with zero attached hydrogens (tertiary/aromatic N) is 7. The minimum absolute atomic E-state index is 0.328. The Kier molecular flexibility index (Phi) is 6.37. The van der Waals surface area contributed by atoms with Crippen LogP contribution in [0.15, 0.2) is 85.1 Å². The molecule has 2 N–H and O–H groups in total. The number of nitriles is 1. The molecule has 0 unspecified atom stereocenters. The van der Waals surface area contributed by atoms with Crippen molar-refractivity contribution >= 4 is 17.0 Å². The number of rotatable bonds is 5. The lowest BCUT2D eigenvalue weighted by Gasteiger charge is -2.39. The third-order valence-electron chi connectivity index (χ3n) is 8.75. The molecular formula is C33H32N8. The zero-order valence-corrected chi connectivity index (χ0v) is 22.9. The summed E-state index contributed by atoms with van der Waals surface area (Å²) in [5.41, 5.74) is 13.2. The second kappa shape index (κ2) is 10.3. The number of fused-ring (bicyclic) bond motifs is 1. The average Bonchev–Trinajstić information content (AvgIpc) is 3.60. The van der Waals surface area contributed by atoms with Crippen LogP contribution < -0.4 is 5.73 Å². The Bertz CT molecular complexity index is 1730. The van der Waals surface area contributed by atoms with Crippen LogP contribution in [0.1, 0.15) is 24.8 Å². The van der Waals surface area contributed by atoms with Crippen molar-refractivity contribution in [1.29, 1.82) is 5.26 Å². The van der Waals surface area contributed by atoms with Gasteiger partial charge in [0.2, 0.25) is 0 Å². The van der Waals surface area contributed by atoms with Crippen LogP contribution in [-0.4, -0.2) is 55.5 Å². The summed E-state index contributed by atoms with van der Waals surface area (Å²) < 4.78 is 2.09. The van der Waals surface area contributed by atoms with E-state index < -0.39 is 0 Å². The SMILES string of the molecule is N#CN1CCC2(CCN(Cc3ccc(-n4c(-c5cccnc5N)nc5ccc(-c6ccccc6)nc54)cc3)CC2)C1. The van der Waals surface area contributed by atoms with Crippen LogP contribution in [0.5, 0.6) is 0 Å². The lowest BCUT2D eigenvalue weighted by atomic mass is 9.78. The lowest BCUT2D eigenvalue weighted by molar-refractivity contribution is 0.108. The molecule has 0 amide bonds. The summed E-state index contributed by atoms with van der Waals surface area (Å²) in [7, 11) is 0. The molecule has 0 bridgehead atoms. The quantitative estimate of drug-likeness (QED) is 0.294. The topological polar surface area (TPSA) is 99.9 Å². The molecular weight excluding hydrogens is 508 g/mol. The highest BCUT2D eigenvalue weighted by molar-refractivity contribution is 5.84. The van der Waals surface area contributed by atoms with Crippen molar-refractivity contribution in [2.24, 2.45) is 5.41 Å². The number of imidazole rings is 1. The fraction of sp³-hybridized carbons (Fsp3) is 0.273. The van der Waals surface area contributed by atoms with Crippen LogP contribution in [-0.2, 0) is 6.54 Å². The van der Waals surface area contributed by atoms with E-state index in [1.54, 1.807) is 6.20 Å². The second-order valence-electron chi connectivity index (χ2n) is 11.3. The third kappa shape index (κ3) is 4.79. The van der Waals surface area contributed by atoms with Gasteiger partial charge in [-0.3, -0.25) is 9.47 Å². The molecule has 3 aromatic heterocycles. The van der Waals surface area contributed by atoms with E-state index in [1.807, 2.05) is 47.4 Å². The maximum atomic E-state index is 9.28. The number of likely N-dealkylation sites (tertiary alicyclic amines) is 2. The van der Waals surface area contributed by atoms with Crippen molar-refractivity contribution in [2.75, 3.05) is 31.9 Å². The summed E-state index contributed by atoms with van der Waals surface area (Å²) >= 11 is 0. The molecule has 2 saturated heterocycles. The van der Waals surface area contributed by atoms with Crippen LogP contribution in [0, 0.1) is 16.9 Å². The highest BCUT2D eigenvalue weighted by Gasteiger charge is 2.40. The monoisotopic (exact) mass is 540 g/mol.